The van der Waals surface area contributed by atoms with Gasteiger partial charge in [0, 0.05) is 36.3 Å². The van der Waals surface area contributed by atoms with Crippen molar-refractivity contribution in [3.63, 3.8) is 0 Å². The van der Waals surface area contributed by atoms with Crippen LogP contribution in [-0.2, 0) is 6.54 Å². The summed E-state index contributed by atoms with van der Waals surface area (Å²) in [6.45, 7) is 5.43. The van der Waals surface area contributed by atoms with Gasteiger partial charge < -0.3 is 5.32 Å². The van der Waals surface area contributed by atoms with Gasteiger partial charge in [-0.2, -0.15) is 0 Å². The maximum absolute atomic E-state index is 4.40. The Bertz CT molecular complexity index is 636. The molecule has 1 aliphatic carbocycles. The van der Waals surface area contributed by atoms with Crippen molar-refractivity contribution in [1.29, 1.82) is 0 Å². The van der Waals surface area contributed by atoms with Crippen molar-refractivity contribution in [2.45, 2.75) is 38.8 Å². The normalized spacial score (nSPS) is 28.0. The third kappa shape index (κ3) is 2.85. The molecule has 2 aromatic rings. The maximum atomic E-state index is 4.40. The summed E-state index contributed by atoms with van der Waals surface area (Å²) in [6.07, 6.45) is 5.46. The molecule has 6 heteroatoms. The predicted octanol–water partition coefficient (Wildman–Crippen LogP) is 2.71. The van der Waals surface area contributed by atoms with E-state index in [1.54, 1.807) is 17.7 Å². The molecule has 3 heterocycles. The summed E-state index contributed by atoms with van der Waals surface area (Å²) in [5, 5.41) is 5.71. The molecule has 116 valence electrons. The van der Waals surface area contributed by atoms with Gasteiger partial charge in [-0.1, -0.05) is 0 Å². The lowest BCUT2D eigenvalue weighted by atomic mass is 9.65. The van der Waals surface area contributed by atoms with Gasteiger partial charge in [0.1, 0.15) is 12.1 Å². The zero-order valence-electron chi connectivity index (χ0n) is 12.8. The largest absolute Gasteiger partial charge is 0.367 e. The van der Waals surface area contributed by atoms with Gasteiger partial charge in [0.15, 0.2) is 0 Å². The number of nitrogens with zero attached hydrogens (tertiary/aromatic N) is 4. The minimum absolute atomic E-state index is 0.524. The van der Waals surface area contributed by atoms with E-state index in [9.17, 15) is 0 Å². The van der Waals surface area contributed by atoms with E-state index in [1.807, 2.05) is 18.5 Å². The fourth-order valence-corrected chi connectivity index (χ4v) is 4.42. The van der Waals surface area contributed by atoms with Gasteiger partial charge in [-0.3, -0.25) is 4.90 Å². The number of aromatic nitrogens is 3. The highest BCUT2D eigenvalue weighted by Crippen LogP contribution is 2.49. The molecule has 4 rings (SSSR count). The van der Waals surface area contributed by atoms with Gasteiger partial charge in [0.05, 0.1) is 11.2 Å². The number of hydrogen-bond acceptors (Lipinski definition) is 6. The summed E-state index contributed by atoms with van der Waals surface area (Å²) >= 11 is 1.69. The molecule has 2 aromatic heterocycles. The fourth-order valence-electron chi connectivity index (χ4n) is 3.87. The molecule has 0 unspecified atom stereocenters. The molecule has 5 nitrogen and oxygen atoms in total. The second-order valence-corrected chi connectivity index (χ2v) is 7.45. The predicted molar refractivity (Wildman–Crippen MR) is 87.9 cm³/mol. The Morgan fingerprint density at radius 1 is 1.36 bits per heavy atom. The van der Waals surface area contributed by atoms with Crippen LogP contribution in [0.25, 0.3) is 0 Å². The van der Waals surface area contributed by atoms with Gasteiger partial charge >= 0.3 is 0 Å². The number of hydrogen-bond donors (Lipinski definition) is 1. The number of nitrogens with one attached hydrogen (secondary N) is 1. The van der Waals surface area contributed by atoms with E-state index in [1.165, 1.54) is 38.0 Å². The highest BCUT2D eigenvalue weighted by molar-refractivity contribution is 7.07. The quantitative estimate of drug-likeness (QED) is 0.940. The van der Waals surface area contributed by atoms with Crippen LogP contribution in [0.15, 0.2) is 23.3 Å². The first-order chi connectivity index (χ1) is 10.7. The third-order valence-electron chi connectivity index (χ3n) is 4.90. The average molecular weight is 315 g/mol. The lowest BCUT2D eigenvalue weighted by Gasteiger charge is -2.45. The van der Waals surface area contributed by atoms with Gasteiger partial charge in [-0.25, -0.2) is 15.0 Å². The summed E-state index contributed by atoms with van der Waals surface area (Å²) < 4.78 is 0. The highest BCUT2D eigenvalue weighted by Gasteiger charge is 2.48. The Morgan fingerprint density at radius 2 is 2.27 bits per heavy atom. The minimum Gasteiger partial charge on any atom is -0.367 e. The van der Waals surface area contributed by atoms with Crippen LogP contribution in [0.1, 0.15) is 30.7 Å². The number of likely N-dealkylation sites (tertiary alicyclic amines) is 1. The maximum Gasteiger partial charge on any atom is 0.129 e. The van der Waals surface area contributed by atoms with Crippen LogP contribution in [-0.4, -0.2) is 39.0 Å². The first-order valence-corrected chi connectivity index (χ1v) is 8.80. The van der Waals surface area contributed by atoms with Crippen molar-refractivity contribution in [3.8, 4) is 0 Å². The van der Waals surface area contributed by atoms with E-state index in [4.69, 9.17) is 0 Å². The SMILES string of the molecule is Cc1cc(NC2CC3(CCN(Cc4cscn4)C3)C2)ncn1. The summed E-state index contributed by atoms with van der Waals surface area (Å²) in [5.74, 6) is 0.963. The minimum atomic E-state index is 0.524. The molecular weight excluding hydrogens is 294 g/mol. The Hall–Kier alpha value is -1.53. The molecule has 0 amide bonds. The Kier molecular flexibility index (Phi) is 3.58. The Morgan fingerprint density at radius 3 is 3.05 bits per heavy atom. The average Bonchev–Trinajstić information content (AvgIpc) is 3.09. The molecule has 1 aliphatic heterocycles. The van der Waals surface area contributed by atoms with Crippen LogP contribution < -0.4 is 5.32 Å². The molecule has 2 fully saturated rings. The smallest absolute Gasteiger partial charge is 0.129 e. The van der Waals surface area contributed by atoms with Crippen LogP contribution in [0.4, 0.5) is 5.82 Å². The molecule has 0 bridgehead atoms. The van der Waals surface area contributed by atoms with Crippen LogP contribution in [0, 0.1) is 12.3 Å². The summed E-state index contributed by atoms with van der Waals surface area (Å²) in [4.78, 5) is 15.4. The van der Waals surface area contributed by atoms with Crippen molar-refractivity contribution in [1.82, 2.24) is 19.9 Å². The first-order valence-electron chi connectivity index (χ1n) is 7.85. The molecule has 0 atom stereocenters. The Balaban J connectivity index is 1.29. The molecule has 0 aromatic carbocycles. The molecule has 22 heavy (non-hydrogen) atoms. The monoisotopic (exact) mass is 315 g/mol. The summed E-state index contributed by atoms with van der Waals surface area (Å²) in [7, 11) is 0. The number of aryl methyl sites for hydroxylation is 1. The lowest BCUT2D eigenvalue weighted by molar-refractivity contribution is 0.119. The van der Waals surface area contributed by atoms with Crippen molar-refractivity contribution in [2.75, 3.05) is 18.4 Å². The molecule has 1 N–H and O–H groups in total. The van der Waals surface area contributed by atoms with Gasteiger partial charge in [0.25, 0.3) is 0 Å². The summed E-state index contributed by atoms with van der Waals surface area (Å²) in [6, 6.07) is 2.59. The van der Waals surface area contributed by atoms with E-state index in [0.717, 1.165) is 18.1 Å². The van der Waals surface area contributed by atoms with Crippen molar-refractivity contribution >= 4 is 17.2 Å². The molecular formula is C16H21N5S. The van der Waals surface area contributed by atoms with Crippen LogP contribution >= 0.6 is 11.3 Å². The third-order valence-corrected chi connectivity index (χ3v) is 5.54. The molecule has 2 aliphatic rings. The standard InChI is InChI=1S/C16H21N5S/c1-12-4-15(18-10-17-12)20-13-5-16(6-13)2-3-21(9-16)7-14-8-22-11-19-14/h4,8,10-11,13H,2-3,5-7,9H2,1H3,(H,17,18,20). The Labute approximate surface area is 134 Å². The highest BCUT2D eigenvalue weighted by atomic mass is 32.1. The van der Waals surface area contributed by atoms with E-state index >= 15 is 0 Å². The fraction of sp³-hybridized carbons (Fsp3) is 0.562. The van der Waals surface area contributed by atoms with Crippen molar-refractivity contribution in [2.24, 2.45) is 5.41 Å². The molecule has 1 saturated heterocycles. The van der Waals surface area contributed by atoms with Crippen LogP contribution in [0.5, 0.6) is 0 Å². The number of anilines is 1. The number of rotatable bonds is 4. The summed E-state index contributed by atoms with van der Waals surface area (Å²) in [5.41, 5.74) is 4.68. The van der Waals surface area contributed by atoms with Gasteiger partial charge in [-0.05, 0) is 38.1 Å². The van der Waals surface area contributed by atoms with E-state index in [0.29, 0.717) is 11.5 Å². The second kappa shape index (κ2) is 5.59. The van der Waals surface area contributed by atoms with Gasteiger partial charge in [0.2, 0.25) is 0 Å². The van der Waals surface area contributed by atoms with E-state index < -0.39 is 0 Å². The first kappa shape index (κ1) is 14.1. The van der Waals surface area contributed by atoms with Crippen molar-refractivity contribution < 1.29 is 0 Å². The van der Waals surface area contributed by atoms with E-state index in [-0.39, 0.29) is 0 Å². The number of thiazole rings is 1. The van der Waals surface area contributed by atoms with Crippen molar-refractivity contribution in [3.05, 3.63) is 34.7 Å². The van der Waals surface area contributed by atoms with Gasteiger partial charge in [-0.15, -0.1) is 11.3 Å². The lowest BCUT2D eigenvalue weighted by Crippen LogP contribution is -2.46. The molecule has 1 saturated carbocycles. The zero-order chi connectivity index (χ0) is 15.0. The van der Waals surface area contributed by atoms with Crippen LogP contribution in [0.3, 0.4) is 0 Å². The second-order valence-electron chi connectivity index (χ2n) is 6.73. The topological polar surface area (TPSA) is 53.9 Å². The molecule has 0 radical (unpaired) electrons. The zero-order valence-corrected chi connectivity index (χ0v) is 13.6. The van der Waals surface area contributed by atoms with E-state index in [2.05, 4.69) is 30.5 Å². The molecule has 1 spiro atoms. The van der Waals surface area contributed by atoms with Crippen LogP contribution in [0.2, 0.25) is 0 Å².